The number of para-hydroxylation sites is 2. The highest BCUT2D eigenvalue weighted by atomic mass is 16.2. The number of nitrogens with one attached hydrogen (secondary N) is 1. The number of fused-ring (bicyclic) bond motifs is 1. The van der Waals surface area contributed by atoms with E-state index in [4.69, 9.17) is 0 Å². The van der Waals surface area contributed by atoms with E-state index in [-0.39, 0.29) is 37.1 Å². The lowest BCUT2D eigenvalue weighted by Gasteiger charge is -2.14. The van der Waals surface area contributed by atoms with Gasteiger partial charge in [0.1, 0.15) is 0 Å². The lowest BCUT2D eigenvalue weighted by Crippen LogP contribution is -2.28. The second-order valence-corrected chi connectivity index (χ2v) is 7.11. The number of rotatable bonds is 7. The van der Waals surface area contributed by atoms with Gasteiger partial charge >= 0.3 is 0 Å². The molecule has 0 unspecified atom stereocenters. The molecule has 1 saturated heterocycles. The van der Waals surface area contributed by atoms with Crippen LogP contribution in [0.3, 0.4) is 0 Å². The highest BCUT2D eigenvalue weighted by Gasteiger charge is 2.28. The van der Waals surface area contributed by atoms with Gasteiger partial charge in [-0.2, -0.15) is 0 Å². The summed E-state index contributed by atoms with van der Waals surface area (Å²) in [5.41, 5.74) is 3.44. The monoisotopic (exact) mass is 390 g/mol. The zero-order valence-corrected chi connectivity index (χ0v) is 16.0. The van der Waals surface area contributed by atoms with Gasteiger partial charge in [0.05, 0.1) is 23.9 Å². The van der Waals surface area contributed by atoms with Crippen LogP contribution in [0.1, 0.15) is 35.2 Å². The summed E-state index contributed by atoms with van der Waals surface area (Å²) in [6.07, 6.45) is 3.19. The van der Waals surface area contributed by atoms with Crippen LogP contribution in [0.4, 0.5) is 0 Å². The smallest absolute Gasteiger partial charge is 0.251 e. The van der Waals surface area contributed by atoms with Crippen LogP contribution >= 0.6 is 0 Å². The molecule has 0 aliphatic carbocycles. The number of hydrogen-bond acceptors (Lipinski definition) is 4. The molecule has 3 amide bonds. The number of imidazole rings is 1. The predicted molar refractivity (Wildman–Crippen MR) is 108 cm³/mol. The standard InChI is InChI=1S/C22H22N4O3/c27-20-10-11-21(28)26(20)14-16-6-8-17(9-7-16)22(29)23-12-3-13-25-15-24-18-4-1-2-5-19(18)25/h1-2,4-9,15H,3,10-14H2,(H,23,29). The van der Waals surface area contributed by atoms with E-state index in [0.29, 0.717) is 12.1 Å². The van der Waals surface area contributed by atoms with Gasteiger partial charge in [-0.1, -0.05) is 24.3 Å². The van der Waals surface area contributed by atoms with E-state index in [2.05, 4.69) is 14.9 Å². The summed E-state index contributed by atoms with van der Waals surface area (Å²) in [4.78, 5) is 41.4. The molecule has 29 heavy (non-hydrogen) atoms. The Morgan fingerprint density at radius 1 is 1.00 bits per heavy atom. The number of imide groups is 1. The minimum Gasteiger partial charge on any atom is -0.352 e. The molecule has 0 atom stereocenters. The van der Waals surface area contributed by atoms with Gasteiger partial charge in [-0.3, -0.25) is 19.3 Å². The summed E-state index contributed by atoms with van der Waals surface area (Å²) in [7, 11) is 0. The molecular weight excluding hydrogens is 368 g/mol. The zero-order chi connectivity index (χ0) is 20.2. The Bertz CT molecular complexity index is 1040. The zero-order valence-electron chi connectivity index (χ0n) is 16.0. The third kappa shape index (κ3) is 4.18. The SMILES string of the molecule is O=C(NCCCn1cnc2ccccc21)c1ccc(CN2C(=O)CCC2=O)cc1. The summed E-state index contributed by atoms with van der Waals surface area (Å²) in [6.45, 7) is 1.60. The number of benzene rings is 2. The summed E-state index contributed by atoms with van der Waals surface area (Å²) in [5.74, 6) is -0.412. The first-order valence-electron chi connectivity index (χ1n) is 9.72. The molecule has 4 rings (SSSR count). The predicted octanol–water partition coefficient (Wildman–Crippen LogP) is 2.51. The highest BCUT2D eigenvalue weighted by molar-refractivity contribution is 6.01. The lowest BCUT2D eigenvalue weighted by molar-refractivity contribution is -0.139. The van der Waals surface area contributed by atoms with E-state index in [1.54, 1.807) is 24.3 Å². The molecular formula is C22H22N4O3. The summed E-state index contributed by atoms with van der Waals surface area (Å²) >= 11 is 0. The molecule has 2 aromatic carbocycles. The maximum absolute atomic E-state index is 12.3. The van der Waals surface area contributed by atoms with Crippen molar-refractivity contribution < 1.29 is 14.4 Å². The number of nitrogens with zero attached hydrogens (tertiary/aromatic N) is 3. The Labute approximate surface area is 168 Å². The van der Waals surface area contributed by atoms with E-state index in [1.807, 2.05) is 30.6 Å². The number of aryl methyl sites for hydroxylation is 1. The van der Waals surface area contributed by atoms with Crippen LogP contribution in [0.25, 0.3) is 11.0 Å². The van der Waals surface area contributed by atoms with Crippen LogP contribution in [0, 0.1) is 0 Å². The molecule has 7 heteroatoms. The fraction of sp³-hybridized carbons (Fsp3) is 0.273. The Morgan fingerprint density at radius 2 is 1.72 bits per heavy atom. The number of likely N-dealkylation sites (tertiary alicyclic amines) is 1. The van der Waals surface area contributed by atoms with Crippen molar-refractivity contribution in [2.45, 2.75) is 32.4 Å². The molecule has 0 spiro atoms. The van der Waals surface area contributed by atoms with E-state index >= 15 is 0 Å². The van der Waals surface area contributed by atoms with Gasteiger partial charge in [-0.05, 0) is 36.2 Å². The van der Waals surface area contributed by atoms with Crippen molar-refractivity contribution in [2.75, 3.05) is 6.54 Å². The van der Waals surface area contributed by atoms with Crippen molar-refractivity contribution in [3.05, 3.63) is 66.0 Å². The number of carbonyl (C=O) groups is 3. The van der Waals surface area contributed by atoms with Crippen molar-refractivity contribution >= 4 is 28.8 Å². The van der Waals surface area contributed by atoms with E-state index in [1.165, 1.54) is 4.90 Å². The lowest BCUT2D eigenvalue weighted by atomic mass is 10.1. The third-order valence-electron chi connectivity index (χ3n) is 5.10. The van der Waals surface area contributed by atoms with Gasteiger partial charge < -0.3 is 9.88 Å². The Balaban J connectivity index is 1.26. The molecule has 3 aromatic rings. The average Bonchev–Trinajstić information content (AvgIpc) is 3.30. The first-order valence-corrected chi connectivity index (χ1v) is 9.72. The average molecular weight is 390 g/mol. The van der Waals surface area contributed by atoms with E-state index in [9.17, 15) is 14.4 Å². The molecule has 1 fully saturated rings. The van der Waals surface area contributed by atoms with Gasteiger partial charge in [0.2, 0.25) is 11.8 Å². The van der Waals surface area contributed by atoms with Gasteiger partial charge in [-0.15, -0.1) is 0 Å². The van der Waals surface area contributed by atoms with Crippen molar-refractivity contribution in [3.8, 4) is 0 Å². The maximum atomic E-state index is 12.3. The van der Waals surface area contributed by atoms with Crippen LogP contribution < -0.4 is 5.32 Å². The van der Waals surface area contributed by atoms with Crippen molar-refractivity contribution in [1.29, 1.82) is 0 Å². The van der Waals surface area contributed by atoms with E-state index in [0.717, 1.165) is 29.6 Å². The van der Waals surface area contributed by atoms with Crippen LogP contribution in [-0.2, 0) is 22.7 Å². The number of amides is 3. The first-order chi connectivity index (χ1) is 14.1. The molecule has 7 nitrogen and oxygen atoms in total. The second-order valence-electron chi connectivity index (χ2n) is 7.11. The fourth-order valence-corrected chi connectivity index (χ4v) is 3.49. The number of aromatic nitrogens is 2. The Hall–Kier alpha value is -3.48. The minimum atomic E-state index is -0.139. The van der Waals surface area contributed by atoms with Crippen LogP contribution in [0.2, 0.25) is 0 Å². The Morgan fingerprint density at radius 3 is 2.48 bits per heavy atom. The molecule has 1 N–H and O–H groups in total. The molecule has 1 aliphatic rings. The normalized spacial score (nSPS) is 14.0. The molecule has 148 valence electrons. The summed E-state index contributed by atoms with van der Waals surface area (Å²) in [5, 5.41) is 2.92. The van der Waals surface area contributed by atoms with Crippen LogP contribution in [-0.4, -0.2) is 38.7 Å². The number of carbonyl (C=O) groups excluding carboxylic acids is 3. The van der Waals surface area contributed by atoms with Crippen molar-refractivity contribution in [1.82, 2.24) is 19.8 Å². The van der Waals surface area contributed by atoms with Gasteiger partial charge in [-0.25, -0.2) is 4.98 Å². The molecule has 0 bridgehead atoms. The Kier molecular flexibility index (Phi) is 5.37. The molecule has 2 heterocycles. The highest BCUT2D eigenvalue weighted by Crippen LogP contribution is 2.16. The van der Waals surface area contributed by atoms with Crippen LogP contribution in [0.5, 0.6) is 0 Å². The molecule has 0 saturated carbocycles. The summed E-state index contributed by atoms with van der Waals surface area (Å²) in [6, 6.07) is 15.0. The molecule has 0 radical (unpaired) electrons. The molecule has 1 aromatic heterocycles. The minimum absolute atomic E-state index is 0.137. The maximum Gasteiger partial charge on any atom is 0.251 e. The van der Waals surface area contributed by atoms with Gasteiger partial charge in [0.25, 0.3) is 5.91 Å². The fourth-order valence-electron chi connectivity index (χ4n) is 3.49. The van der Waals surface area contributed by atoms with Gasteiger partial charge in [0, 0.05) is 31.5 Å². The van der Waals surface area contributed by atoms with Gasteiger partial charge in [0.15, 0.2) is 0 Å². The summed E-state index contributed by atoms with van der Waals surface area (Å²) < 4.78 is 2.08. The van der Waals surface area contributed by atoms with Crippen molar-refractivity contribution in [2.24, 2.45) is 0 Å². The third-order valence-corrected chi connectivity index (χ3v) is 5.10. The largest absolute Gasteiger partial charge is 0.352 e. The van der Waals surface area contributed by atoms with E-state index < -0.39 is 0 Å². The number of hydrogen-bond donors (Lipinski definition) is 1. The first kappa shape index (κ1) is 18.9. The molecule has 1 aliphatic heterocycles. The topological polar surface area (TPSA) is 84.3 Å². The van der Waals surface area contributed by atoms with Crippen molar-refractivity contribution in [3.63, 3.8) is 0 Å². The van der Waals surface area contributed by atoms with Crippen LogP contribution in [0.15, 0.2) is 54.9 Å². The quantitative estimate of drug-likeness (QED) is 0.496. The second kappa shape index (κ2) is 8.26.